The van der Waals surface area contributed by atoms with Gasteiger partial charge in [-0.25, -0.2) is 0 Å². The molecular weight excluding hydrogens is 392 g/mol. The monoisotopic (exact) mass is 420 g/mol. The molecule has 1 aliphatic rings. The fourth-order valence-corrected chi connectivity index (χ4v) is 3.83. The highest BCUT2D eigenvalue weighted by Crippen LogP contribution is 2.26. The van der Waals surface area contributed by atoms with Crippen molar-refractivity contribution in [3.05, 3.63) is 60.0 Å². The molecule has 4 rings (SSSR count). The Bertz CT molecular complexity index is 1020. The summed E-state index contributed by atoms with van der Waals surface area (Å²) in [5, 5.41) is 7.15. The van der Waals surface area contributed by atoms with Gasteiger partial charge in [0.15, 0.2) is 0 Å². The number of hydrogen-bond donors (Lipinski definition) is 1. The number of para-hydroxylation sites is 2. The first-order chi connectivity index (χ1) is 15.1. The standard InChI is InChI=1S/C24H28N4O3/c1-3-30-21-9-5-4-8-20(21)25-24(29)19-7-6-14-28(15-19)16-22-26-23(27-31-22)18-12-10-17(2)11-13-18/h4-5,8-13,19H,3,6-7,14-16H2,1-2H3,(H,25,29). The molecule has 0 spiro atoms. The molecule has 0 bridgehead atoms. The van der Waals surface area contributed by atoms with Crippen LogP contribution in [0.25, 0.3) is 11.4 Å². The molecule has 7 heteroatoms. The first-order valence-electron chi connectivity index (χ1n) is 10.8. The van der Waals surface area contributed by atoms with Crippen LogP contribution in [0.15, 0.2) is 53.1 Å². The summed E-state index contributed by atoms with van der Waals surface area (Å²) in [5.41, 5.74) is 2.84. The highest BCUT2D eigenvalue weighted by atomic mass is 16.5. The third-order valence-electron chi connectivity index (χ3n) is 5.46. The molecule has 1 N–H and O–H groups in total. The molecule has 1 aliphatic heterocycles. The summed E-state index contributed by atoms with van der Waals surface area (Å²) in [7, 11) is 0. The van der Waals surface area contributed by atoms with Crippen LogP contribution in [0.3, 0.4) is 0 Å². The lowest BCUT2D eigenvalue weighted by Crippen LogP contribution is -2.40. The first kappa shape index (κ1) is 21.1. The number of anilines is 1. The number of ether oxygens (including phenoxy) is 1. The topological polar surface area (TPSA) is 80.5 Å². The number of carbonyl (C=O) groups excluding carboxylic acids is 1. The molecular formula is C24H28N4O3. The molecule has 1 saturated heterocycles. The second-order valence-electron chi connectivity index (χ2n) is 7.87. The maximum atomic E-state index is 12.9. The number of nitrogens with zero attached hydrogens (tertiary/aromatic N) is 3. The Morgan fingerprint density at radius 2 is 2.03 bits per heavy atom. The molecule has 1 fully saturated rings. The summed E-state index contributed by atoms with van der Waals surface area (Å²) < 4.78 is 11.1. The van der Waals surface area contributed by atoms with Crippen LogP contribution in [-0.4, -0.2) is 40.6 Å². The fraction of sp³-hybridized carbons (Fsp3) is 0.375. The quantitative estimate of drug-likeness (QED) is 0.614. The zero-order valence-electron chi connectivity index (χ0n) is 18.0. The van der Waals surface area contributed by atoms with Crippen LogP contribution in [0.5, 0.6) is 5.75 Å². The van der Waals surface area contributed by atoms with Crippen LogP contribution in [0, 0.1) is 12.8 Å². The summed E-state index contributed by atoms with van der Waals surface area (Å²) >= 11 is 0. The number of benzene rings is 2. The van der Waals surface area contributed by atoms with Gasteiger partial charge in [0.2, 0.25) is 17.6 Å². The predicted octanol–water partition coefficient (Wildman–Crippen LogP) is 4.29. The number of amides is 1. The highest BCUT2D eigenvalue weighted by Gasteiger charge is 2.27. The minimum atomic E-state index is -0.0945. The maximum absolute atomic E-state index is 12.9. The van der Waals surface area contributed by atoms with E-state index in [1.807, 2.05) is 62.4 Å². The van der Waals surface area contributed by atoms with Gasteiger partial charge in [0, 0.05) is 12.1 Å². The Morgan fingerprint density at radius 3 is 2.84 bits per heavy atom. The number of likely N-dealkylation sites (tertiary alicyclic amines) is 1. The molecule has 2 aromatic carbocycles. The van der Waals surface area contributed by atoms with E-state index < -0.39 is 0 Å². The van der Waals surface area contributed by atoms with Gasteiger partial charge in [0.05, 0.1) is 24.8 Å². The zero-order valence-corrected chi connectivity index (χ0v) is 18.0. The van der Waals surface area contributed by atoms with E-state index in [2.05, 4.69) is 20.4 Å². The zero-order chi connectivity index (χ0) is 21.6. The van der Waals surface area contributed by atoms with Crippen molar-refractivity contribution in [2.24, 2.45) is 5.92 Å². The summed E-state index contributed by atoms with van der Waals surface area (Å²) in [6.45, 7) is 6.63. The molecule has 0 radical (unpaired) electrons. The predicted molar refractivity (Wildman–Crippen MR) is 119 cm³/mol. The molecule has 162 valence electrons. The number of aromatic nitrogens is 2. The Labute approximate surface area is 182 Å². The molecule has 0 aliphatic carbocycles. The number of hydrogen-bond acceptors (Lipinski definition) is 6. The average molecular weight is 421 g/mol. The molecule has 1 unspecified atom stereocenters. The van der Waals surface area contributed by atoms with Gasteiger partial charge in [-0.15, -0.1) is 0 Å². The minimum Gasteiger partial charge on any atom is -0.492 e. The van der Waals surface area contributed by atoms with Crippen molar-refractivity contribution < 1.29 is 14.1 Å². The molecule has 1 amide bonds. The van der Waals surface area contributed by atoms with E-state index in [0.29, 0.717) is 42.8 Å². The van der Waals surface area contributed by atoms with Crippen LogP contribution in [-0.2, 0) is 11.3 Å². The number of piperidine rings is 1. The van der Waals surface area contributed by atoms with E-state index in [1.165, 1.54) is 5.56 Å². The van der Waals surface area contributed by atoms with Crippen LogP contribution in [0.1, 0.15) is 31.2 Å². The SMILES string of the molecule is CCOc1ccccc1NC(=O)C1CCCN(Cc2nc(-c3ccc(C)cc3)no2)C1. The second kappa shape index (κ2) is 9.75. The van der Waals surface area contributed by atoms with Gasteiger partial charge in [0.1, 0.15) is 5.75 Å². The number of aryl methyl sites for hydroxylation is 1. The van der Waals surface area contributed by atoms with Crippen LogP contribution in [0.4, 0.5) is 5.69 Å². The Balaban J connectivity index is 1.37. The van der Waals surface area contributed by atoms with Crippen molar-refractivity contribution in [2.75, 3.05) is 25.0 Å². The Hall–Kier alpha value is -3.19. The maximum Gasteiger partial charge on any atom is 0.241 e. The Morgan fingerprint density at radius 1 is 1.23 bits per heavy atom. The number of carbonyl (C=O) groups is 1. The van der Waals surface area contributed by atoms with Gasteiger partial charge < -0.3 is 14.6 Å². The molecule has 7 nitrogen and oxygen atoms in total. The lowest BCUT2D eigenvalue weighted by Gasteiger charge is -2.31. The smallest absolute Gasteiger partial charge is 0.241 e. The second-order valence-corrected chi connectivity index (χ2v) is 7.87. The van der Waals surface area contributed by atoms with Crippen LogP contribution >= 0.6 is 0 Å². The summed E-state index contributed by atoms with van der Waals surface area (Å²) in [5.74, 6) is 1.78. The fourth-order valence-electron chi connectivity index (χ4n) is 3.83. The molecule has 2 heterocycles. The highest BCUT2D eigenvalue weighted by molar-refractivity contribution is 5.94. The average Bonchev–Trinajstić information content (AvgIpc) is 3.24. The van der Waals surface area contributed by atoms with Crippen molar-refractivity contribution >= 4 is 11.6 Å². The summed E-state index contributed by atoms with van der Waals surface area (Å²) in [4.78, 5) is 19.6. The normalized spacial score (nSPS) is 16.8. The first-order valence-corrected chi connectivity index (χ1v) is 10.8. The van der Waals surface area contributed by atoms with Crippen molar-refractivity contribution in [2.45, 2.75) is 33.2 Å². The molecule has 31 heavy (non-hydrogen) atoms. The van der Waals surface area contributed by atoms with E-state index in [4.69, 9.17) is 9.26 Å². The van der Waals surface area contributed by atoms with Crippen LogP contribution < -0.4 is 10.1 Å². The lowest BCUT2D eigenvalue weighted by molar-refractivity contribution is -0.121. The molecule has 0 saturated carbocycles. The number of nitrogens with one attached hydrogen (secondary N) is 1. The van der Waals surface area contributed by atoms with Crippen molar-refractivity contribution in [1.82, 2.24) is 15.0 Å². The van der Waals surface area contributed by atoms with Gasteiger partial charge >= 0.3 is 0 Å². The van der Waals surface area contributed by atoms with Gasteiger partial charge in [-0.1, -0.05) is 47.1 Å². The summed E-state index contributed by atoms with van der Waals surface area (Å²) in [6.07, 6.45) is 1.81. The van der Waals surface area contributed by atoms with Crippen molar-refractivity contribution in [3.63, 3.8) is 0 Å². The van der Waals surface area contributed by atoms with E-state index >= 15 is 0 Å². The lowest BCUT2D eigenvalue weighted by atomic mass is 9.97. The van der Waals surface area contributed by atoms with Gasteiger partial charge in [0.25, 0.3) is 0 Å². The van der Waals surface area contributed by atoms with Gasteiger partial charge in [-0.05, 0) is 45.4 Å². The molecule has 1 aromatic heterocycles. The van der Waals surface area contributed by atoms with E-state index in [9.17, 15) is 4.79 Å². The molecule has 1 atom stereocenters. The number of rotatable bonds is 7. The van der Waals surface area contributed by atoms with Crippen molar-refractivity contribution in [1.29, 1.82) is 0 Å². The van der Waals surface area contributed by atoms with Gasteiger partial charge in [-0.3, -0.25) is 9.69 Å². The van der Waals surface area contributed by atoms with E-state index in [1.54, 1.807) is 0 Å². The molecule has 3 aromatic rings. The van der Waals surface area contributed by atoms with E-state index in [0.717, 1.165) is 24.9 Å². The van der Waals surface area contributed by atoms with Gasteiger partial charge in [-0.2, -0.15) is 4.98 Å². The third-order valence-corrected chi connectivity index (χ3v) is 5.46. The van der Waals surface area contributed by atoms with Crippen molar-refractivity contribution in [3.8, 4) is 17.1 Å². The largest absolute Gasteiger partial charge is 0.492 e. The summed E-state index contributed by atoms with van der Waals surface area (Å²) in [6, 6.07) is 15.6. The third kappa shape index (κ3) is 5.30. The minimum absolute atomic E-state index is 0.0164. The van der Waals surface area contributed by atoms with Crippen LogP contribution in [0.2, 0.25) is 0 Å². The Kier molecular flexibility index (Phi) is 6.62. The van der Waals surface area contributed by atoms with E-state index in [-0.39, 0.29) is 11.8 Å².